The van der Waals surface area contributed by atoms with Crippen molar-refractivity contribution in [1.29, 1.82) is 0 Å². The predicted octanol–water partition coefficient (Wildman–Crippen LogP) is 6.13. The van der Waals surface area contributed by atoms with Crippen molar-refractivity contribution in [3.8, 4) is 0 Å². The number of carbonyl (C=O) groups excluding carboxylic acids is 4. The third-order valence-corrected chi connectivity index (χ3v) is 13.0. The highest BCUT2D eigenvalue weighted by Crippen LogP contribution is 2.61. The second kappa shape index (κ2) is 15.8. The summed E-state index contributed by atoms with van der Waals surface area (Å²) in [7, 11) is 0. The summed E-state index contributed by atoms with van der Waals surface area (Å²) in [6, 6.07) is 2.44. The molecule has 1 saturated heterocycles. The second-order valence-corrected chi connectivity index (χ2v) is 17.1. The molecule has 4 bridgehead atoms. The summed E-state index contributed by atoms with van der Waals surface area (Å²) < 4.78 is 0. The average Bonchev–Trinajstić information content (AvgIpc) is 3.51. The summed E-state index contributed by atoms with van der Waals surface area (Å²) in [5, 5.41) is 18.5. The standard InChI is InChI=1S/C38H52Cl2N4O6/c39-28-18-27(19-29(40)20-28)34(48)43-31(36(50)44-13-10-37(11-14-44)7-1-2-8-37)3-5-32(45)42-30(4-6-33(46)47)35(49)41-12-9-38-21-24-15-25(22-38)17-26(16-24)23-38/h18-20,24-26,30-31H,1-17,21-23H2,(H,41,49)(H,42,45)(H,43,48)(H,46,47)/t24?,25?,26?,30-,31-,38?/m1/s1. The van der Waals surface area contributed by atoms with E-state index in [-0.39, 0.29) is 52.6 Å². The van der Waals surface area contributed by atoms with Crippen molar-refractivity contribution in [2.24, 2.45) is 28.6 Å². The van der Waals surface area contributed by atoms with Crippen LogP contribution in [-0.4, -0.2) is 71.3 Å². The van der Waals surface area contributed by atoms with E-state index < -0.39 is 35.8 Å². The molecule has 5 aliphatic carbocycles. The second-order valence-electron chi connectivity index (χ2n) is 16.3. The van der Waals surface area contributed by atoms with Crippen LogP contribution in [0.2, 0.25) is 10.0 Å². The first-order valence-corrected chi connectivity index (χ1v) is 19.5. The number of carboxylic acid groups (broad SMARTS) is 1. The van der Waals surface area contributed by atoms with Crippen LogP contribution in [0, 0.1) is 28.6 Å². The van der Waals surface area contributed by atoms with Crippen LogP contribution in [0.3, 0.4) is 0 Å². The molecular formula is C38H52Cl2N4O6. The van der Waals surface area contributed by atoms with Gasteiger partial charge in [-0.05, 0) is 130 Å². The van der Waals surface area contributed by atoms with Gasteiger partial charge in [0.2, 0.25) is 17.7 Å². The van der Waals surface area contributed by atoms with Gasteiger partial charge in [0.25, 0.3) is 5.91 Å². The zero-order chi connectivity index (χ0) is 35.5. The zero-order valence-corrected chi connectivity index (χ0v) is 30.5. The lowest BCUT2D eigenvalue weighted by molar-refractivity contribution is -0.138. The van der Waals surface area contributed by atoms with Gasteiger partial charge in [-0.3, -0.25) is 24.0 Å². The molecule has 0 unspecified atom stereocenters. The molecule has 1 aromatic rings. The van der Waals surface area contributed by atoms with Crippen LogP contribution in [-0.2, 0) is 19.2 Å². The Kier molecular flexibility index (Phi) is 11.7. The normalized spacial score (nSPS) is 27.5. The lowest BCUT2D eigenvalue weighted by atomic mass is 9.49. The maximum atomic E-state index is 13.9. The van der Waals surface area contributed by atoms with Crippen LogP contribution in [0.5, 0.6) is 0 Å². The van der Waals surface area contributed by atoms with Crippen molar-refractivity contribution in [3.05, 3.63) is 33.8 Å². The largest absolute Gasteiger partial charge is 0.481 e. The highest BCUT2D eigenvalue weighted by Gasteiger charge is 2.50. The molecule has 10 nitrogen and oxygen atoms in total. The van der Waals surface area contributed by atoms with Gasteiger partial charge in [-0.2, -0.15) is 0 Å². The van der Waals surface area contributed by atoms with Crippen LogP contribution in [0.25, 0.3) is 0 Å². The van der Waals surface area contributed by atoms with Gasteiger partial charge in [0.1, 0.15) is 12.1 Å². The van der Waals surface area contributed by atoms with Gasteiger partial charge < -0.3 is 26.0 Å². The van der Waals surface area contributed by atoms with Crippen LogP contribution in [0.1, 0.15) is 120 Å². The van der Waals surface area contributed by atoms with Crippen LogP contribution < -0.4 is 16.0 Å². The summed E-state index contributed by atoms with van der Waals surface area (Å²) in [5.41, 5.74) is 0.788. The Hall–Kier alpha value is -2.85. The molecule has 4 amide bonds. The number of hydrogen-bond acceptors (Lipinski definition) is 5. The van der Waals surface area contributed by atoms with Crippen LogP contribution in [0.15, 0.2) is 18.2 Å². The number of likely N-dealkylation sites (tertiary alicyclic amines) is 1. The first-order valence-electron chi connectivity index (χ1n) is 18.7. The Morgan fingerprint density at radius 3 is 1.96 bits per heavy atom. The molecule has 4 N–H and O–H groups in total. The summed E-state index contributed by atoms with van der Waals surface area (Å²) in [5.74, 6) is -0.296. The molecular weight excluding hydrogens is 679 g/mol. The number of aliphatic carboxylic acids is 1. The summed E-state index contributed by atoms with van der Waals surface area (Å²) >= 11 is 12.3. The highest BCUT2D eigenvalue weighted by molar-refractivity contribution is 6.35. The minimum absolute atomic E-state index is 0.00559. The van der Waals surface area contributed by atoms with E-state index in [0.717, 1.165) is 37.0 Å². The van der Waals surface area contributed by atoms with E-state index in [2.05, 4.69) is 16.0 Å². The first-order chi connectivity index (χ1) is 23.9. The van der Waals surface area contributed by atoms with E-state index in [1.54, 1.807) is 4.90 Å². The molecule has 2 atom stereocenters. The van der Waals surface area contributed by atoms with E-state index in [0.29, 0.717) is 25.0 Å². The van der Waals surface area contributed by atoms with E-state index in [1.165, 1.54) is 82.4 Å². The van der Waals surface area contributed by atoms with Crippen LogP contribution >= 0.6 is 23.2 Å². The minimum Gasteiger partial charge on any atom is -0.481 e. The van der Waals surface area contributed by atoms with Gasteiger partial charge >= 0.3 is 5.97 Å². The molecule has 0 aromatic heterocycles. The van der Waals surface area contributed by atoms with Gasteiger partial charge in [-0.1, -0.05) is 36.0 Å². The van der Waals surface area contributed by atoms with Gasteiger partial charge in [0, 0.05) is 48.1 Å². The van der Waals surface area contributed by atoms with Crippen molar-refractivity contribution in [1.82, 2.24) is 20.9 Å². The number of nitrogens with zero attached hydrogens (tertiary/aromatic N) is 1. The molecule has 7 rings (SSSR count). The van der Waals surface area contributed by atoms with Crippen molar-refractivity contribution in [2.75, 3.05) is 19.6 Å². The molecule has 12 heteroatoms. The summed E-state index contributed by atoms with van der Waals surface area (Å²) in [6.07, 6.45) is 14.8. The quantitative estimate of drug-likeness (QED) is 0.181. The number of carbonyl (C=O) groups is 5. The number of benzene rings is 1. The number of rotatable bonds is 14. The number of piperidine rings is 1. The minimum atomic E-state index is -1.05. The molecule has 5 saturated carbocycles. The van der Waals surface area contributed by atoms with E-state index in [1.807, 2.05) is 0 Å². The number of halogens is 2. The van der Waals surface area contributed by atoms with Gasteiger partial charge in [0.05, 0.1) is 0 Å². The molecule has 0 radical (unpaired) electrons. The molecule has 1 aliphatic heterocycles. The predicted molar refractivity (Wildman–Crippen MR) is 191 cm³/mol. The van der Waals surface area contributed by atoms with E-state index in [9.17, 15) is 29.1 Å². The van der Waals surface area contributed by atoms with Crippen LogP contribution in [0.4, 0.5) is 0 Å². The number of amides is 4. The van der Waals surface area contributed by atoms with E-state index >= 15 is 0 Å². The maximum absolute atomic E-state index is 13.9. The zero-order valence-electron chi connectivity index (χ0n) is 29.0. The third kappa shape index (κ3) is 9.14. The molecule has 50 heavy (non-hydrogen) atoms. The van der Waals surface area contributed by atoms with Gasteiger partial charge in [-0.15, -0.1) is 0 Å². The lowest BCUT2D eigenvalue weighted by Crippen LogP contribution is -2.52. The van der Waals surface area contributed by atoms with Crippen molar-refractivity contribution < 1.29 is 29.1 Å². The van der Waals surface area contributed by atoms with Crippen molar-refractivity contribution in [3.63, 3.8) is 0 Å². The van der Waals surface area contributed by atoms with Crippen molar-refractivity contribution in [2.45, 2.75) is 121 Å². The van der Waals surface area contributed by atoms with Crippen molar-refractivity contribution >= 4 is 52.8 Å². The first kappa shape index (κ1) is 36.9. The topological polar surface area (TPSA) is 145 Å². The summed E-state index contributed by atoms with van der Waals surface area (Å²) in [4.78, 5) is 67.0. The Labute approximate surface area is 305 Å². The smallest absolute Gasteiger partial charge is 0.303 e. The molecule has 274 valence electrons. The Morgan fingerprint density at radius 2 is 1.38 bits per heavy atom. The molecule has 1 heterocycles. The monoisotopic (exact) mass is 730 g/mol. The third-order valence-electron chi connectivity index (χ3n) is 12.6. The fourth-order valence-electron chi connectivity index (χ4n) is 10.5. The fourth-order valence-corrected chi connectivity index (χ4v) is 11.0. The fraction of sp³-hybridized carbons (Fsp3) is 0.711. The number of carboxylic acids is 1. The molecule has 6 fully saturated rings. The molecule has 1 spiro atoms. The van der Waals surface area contributed by atoms with Gasteiger partial charge in [-0.25, -0.2) is 0 Å². The Morgan fingerprint density at radius 1 is 0.800 bits per heavy atom. The summed E-state index contributed by atoms with van der Waals surface area (Å²) in [6.45, 7) is 1.69. The Bertz CT molecular complexity index is 1400. The van der Waals surface area contributed by atoms with E-state index in [4.69, 9.17) is 23.2 Å². The molecule has 6 aliphatic rings. The lowest BCUT2D eigenvalue weighted by Gasteiger charge is -2.57. The maximum Gasteiger partial charge on any atom is 0.303 e. The van der Waals surface area contributed by atoms with Gasteiger partial charge in [0.15, 0.2) is 0 Å². The number of nitrogens with one attached hydrogen (secondary N) is 3. The number of hydrogen-bond donors (Lipinski definition) is 4. The molecule has 1 aromatic carbocycles. The highest BCUT2D eigenvalue weighted by atomic mass is 35.5. The SMILES string of the molecule is O=C(O)CC[C@@H](NC(=O)CC[C@@H](NC(=O)c1cc(Cl)cc(Cl)c1)C(=O)N1CCC2(CCCC2)CC1)C(=O)NCCC12CC3CC(CC(C3)C1)C2. The Balaban J connectivity index is 1.06. The average molecular weight is 732 g/mol.